The predicted octanol–water partition coefficient (Wildman–Crippen LogP) is 1.91. The number of aromatic nitrogens is 3. The van der Waals surface area contributed by atoms with Crippen LogP contribution in [0, 0.1) is 0 Å². The summed E-state index contributed by atoms with van der Waals surface area (Å²) in [6.45, 7) is 2.50. The standard InChI is InChI=1S/C11H13N3O2/c1-2-3-4-16-11(15)8-5-9-10(12-6-8)14-7-13-9/h5-7H,2-4H2,1H3,(H,12,13,14). The number of imidazole rings is 1. The minimum atomic E-state index is -0.336. The summed E-state index contributed by atoms with van der Waals surface area (Å²) in [6.07, 6.45) is 4.91. The molecule has 0 unspecified atom stereocenters. The Kier molecular flexibility index (Phi) is 3.14. The molecule has 0 aliphatic rings. The molecule has 1 N–H and O–H groups in total. The van der Waals surface area contributed by atoms with E-state index in [0.29, 0.717) is 17.8 Å². The number of aromatic amines is 1. The summed E-state index contributed by atoms with van der Waals surface area (Å²) in [6, 6.07) is 1.70. The molecule has 5 nitrogen and oxygen atoms in total. The molecule has 0 saturated heterocycles. The molecule has 0 aliphatic carbocycles. The quantitative estimate of drug-likeness (QED) is 0.630. The SMILES string of the molecule is CCCCOC(=O)c1cnc2nc[nH]c2c1. The van der Waals surface area contributed by atoms with E-state index in [1.165, 1.54) is 6.20 Å². The van der Waals surface area contributed by atoms with Crippen molar-refractivity contribution < 1.29 is 9.53 Å². The van der Waals surface area contributed by atoms with Crippen molar-refractivity contribution in [1.82, 2.24) is 15.0 Å². The molecule has 0 amide bonds. The number of fused-ring (bicyclic) bond motifs is 1. The monoisotopic (exact) mass is 219 g/mol. The van der Waals surface area contributed by atoms with E-state index >= 15 is 0 Å². The summed E-state index contributed by atoms with van der Waals surface area (Å²) < 4.78 is 5.08. The van der Waals surface area contributed by atoms with E-state index in [0.717, 1.165) is 18.4 Å². The molecule has 5 heteroatoms. The molecule has 2 aromatic rings. The maximum absolute atomic E-state index is 11.6. The van der Waals surface area contributed by atoms with E-state index in [1.807, 2.05) is 6.92 Å². The smallest absolute Gasteiger partial charge is 0.339 e. The molecule has 84 valence electrons. The molecule has 0 fully saturated rings. The molecule has 16 heavy (non-hydrogen) atoms. The lowest BCUT2D eigenvalue weighted by Crippen LogP contribution is -2.06. The number of hydrogen-bond acceptors (Lipinski definition) is 4. The van der Waals surface area contributed by atoms with Gasteiger partial charge in [-0.25, -0.2) is 14.8 Å². The Labute approximate surface area is 92.9 Å². The van der Waals surface area contributed by atoms with Gasteiger partial charge in [0.05, 0.1) is 24.0 Å². The zero-order valence-corrected chi connectivity index (χ0v) is 9.06. The van der Waals surface area contributed by atoms with Gasteiger partial charge in [-0.1, -0.05) is 13.3 Å². The highest BCUT2D eigenvalue weighted by Gasteiger charge is 2.09. The van der Waals surface area contributed by atoms with Gasteiger partial charge in [-0.2, -0.15) is 0 Å². The van der Waals surface area contributed by atoms with Crippen LogP contribution in [0.25, 0.3) is 11.2 Å². The van der Waals surface area contributed by atoms with Crippen LogP contribution in [0.15, 0.2) is 18.6 Å². The number of ether oxygens (including phenoxy) is 1. The van der Waals surface area contributed by atoms with Gasteiger partial charge in [0.15, 0.2) is 5.65 Å². The van der Waals surface area contributed by atoms with Crippen molar-refractivity contribution >= 4 is 17.1 Å². The lowest BCUT2D eigenvalue weighted by atomic mass is 10.3. The fraction of sp³-hybridized carbons (Fsp3) is 0.364. The first-order valence-corrected chi connectivity index (χ1v) is 5.27. The van der Waals surface area contributed by atoms with Crippen LogP contribution in [-0.4, -0.2) is 27.5 Å². The normalized spacial score (nSPS) is 10.6. The van der Waals surface area contributed by atoms with Gasteiger partial charge in [0.1, 0.15) is 0 Å². The highest BCUT2D eigenvalue weighted by atomic mass is 16.5. The first-order chi connectivity index (χ1) is 7.81. The third kappa shape index (κ3) is 2.18. The fourth-order valence-corrected chi connectivity index (χ4v) is 1.33. The molecule has 0 aliphatic heterocycles. The van der Waals surface area contributed by atoms with Crippen molar-refractivity contribution in [2.24, 2.45) is 0 Å². The lowest BCUT2D eigenvalue weighted by Gasteiger charge is -2.02. The Bertz CT molecular complexity index is 493. The molecule has 0 spiro atoms. The largest absolute Gasteiger partial charge is 0.462 e. The number of H-pyrrole nitrogens is 1. The highest BCUT2D eigenvalue weighted by molar-refractivity contribution is 5.92. The Morgan fingerprint density at radius 1 is 1.50 bits per heavy atom. The average Bonchev–Trinajstić information content (AvgIpc) is 2.76. The van der Waals surface area contributed by atoms with Gasteiger partial charge in [-0.05, 0) is 12.5 Å². The number of nitrogens with zero attached hydrogens (tertiary/aromatic N) is 2. The van der Waals surface area contributed by atoms with Crippen LogP contribution in [0.3, 0.4) is 0 Å². The molecular weight excluding hydrogens is 206 g/mol. The second-order valence-electron chi connectivity index (χ2n) is 3.49. The van der Waals surface area contributed by atoms with E-state index in [2.05, 4.69) is 15.0 Å². The van der Waals surface area contributed by atoms with Crippen LogP contribution in [0.5, 0.6) is 0 Å². The van der Waals surface area contributed by atoms with Gasteiger partial charge in [0.2, 0.25) is 0 Å². The second kappa shape index (κ2) is 4.74. The van der Waals surface area contributed by atoms with Gasteiger partial charge in [0.25, 0.3) is 0 Å². The Morgan fingerprint density at radius 3 is 3.19 bits per heavy atom. The summed E-state index contributed by atoms with van der Waals surface area (Å²) in [4.78, 5) is 22.5. The van der Waals surface area contributed by atoms with E-state index < -0.39 is 0 Å². The first-order valence-electron chi connectivity index (χ1n) is 5.27. The molecule has 0 bridgehead atoms. The second-order valence-corrected chi connectivity index (χ2v) is 3.49. The van der Waals surface area contributed by atoms with Crippen LogP contribution < -0.4 is 0 Å². The summed E-state index contributed by atoms with van der Waals surface area (Å²) >= 11 is 0. The molecule has 2 heterocycles. The molecule has 0 atom stereocenters. The van der Waals surface area contributed by atoms with Crippen molar-refractivity contribution in [1.29, 1.82) is 0 Å². The number of carbonyl (C=O) groups excluding carboxylic acids is 1. The first kappa shape index (κ1) is 10.6. The minimum absolute atomic E-state index is 0.336. The molecule has 2 aromatic heterocycles. The number of pyridine rings is 1. The van der Waals surface area contributed by atoms with Crippen molar-refractivity contribution in [2.75, 3.05) is 6.61 Å². The van der Waals surface area contributed by atoms with Gasteiger partial charge in [0, 0.05) is 6.20 Å². The predicted molar refractivity (Wildman–Crippen MR) is 59.1 cm³/mol. The van der Waals surface area contributed by atoms with Gasteiger partial charge in [-0.15, -0.1) is 0 Å². The van der Waals surface area contributed by atoms with Crippen LogP contribution in [0.4, 0.5) is 0 Å². The third-order valence-corrected chi connectivity index (χ3v) is 2.24. The molecule has 0 saturated carbocycles. The number of esters is 1. The minimum Gasteiger partial charge on any atom is -0.462 e. The van der Waals surface area contributed by atoms with Crippen LogP contribution in [0.1, 0.15) is 30.1 Å². The maximum atomic E-state index is 11.6. The van der Waals surface area contributed by atoms with Gasteiger partial charge < -0.3 is 9.72 Å². The highest BCUT2D eigenvalue weighted by Crippen LogP contribution is 2.09. The molecule has 0 aromatic carbocycles. The zero-order valence-electron chi connectivity index (χ0n) is 9.06. The van der Waals surface area contributed by atoms with E-state index in [-0.39, 0.29) is 5.97 Å². The zero-order chi connectivity index (χ0) is 11.4. The van der Waals surface area contributed by atoms with Crippen LogP contribution >= 0.6 is 0 Å². The van der Waals surface area contributed by atoms with Gasteiger partial charge in [-0.3, -0.25) is 0 Å². The Balaban J connectivity index is 2.10. The summed E-state index contributed by atoms with van der Waals surface area (Å²) in [7, 11) is 0. The average molecular weight is 219 g/mol. The van der Waals surface area contributed by atoms with E-state index in [9.17, 15) is 4.79 Å². The summed E-state index contributed by atoms with van der Waals surface area (Å²) in [5.41, 5.74) is 1.79. The number of hydrogen-bond donors (Lipinski definition) is 1. The number of unbranched alkanes of at least 4 members (excludes halogenated alkanes) is 1. The Hall–Kier alpha value is -1.91. The van der Waals surface area contributed by atoms with Crippen molar-refractivity contribution in [3.8, 4) is 0 Å². The summed E-state index contributed by atoms with van der Waals surface area (Å²) in [5, 5.41) is 0. The van der Waals surface area contributed by atoms with E-state index in [1.54, 1.807) is 12.4 Å². The number of nitrogens with one attached hydrogen (secondary N) is 1. The van der Waals surface area contributed by atoms with Gasteiger partial charge >= 0.3 is 5.97 Å². The topological polar surface area (TPSA) is 67.9 Å². The Morgan fingerprint density at radius 2 is 2.38 bits per heavy atom. The molecule has 2 rings (SSSR count). The molecule has 0 radical (unpaired) electrons. The summed E-state index contributed by atoms with van der Waals surface area (Å²) in [5.74, 6) is -0.336. The van der Waals surface area contributed by atoms with E-state index in [4.69, 9.17) is 4.74 Å². The van der Waals surface area contributed by atoms with Crippen molar-refractivity contribution in [3.63, 3.8) is 0 Å². The molecular formula is C11H13N3O2. The van der Waals surface area contributed by atoms with Crippen LogP contribution in [0.2, 0.25) is 0 Å². The van der Waals surface area contributed by atoms with Crippen molar-refractivity contribution in [2.45, 2.75) is 19.8 Å². The number of carbonyl (C=O) groups is 1. The van der Waals surface area contributed by atoms with Crippen molar-refractivity contribution in [3.05, 3.63) is 24.2 Å². The number of rotatable bonds is 4. The lowest BCUT2D eigenvalue weighted by molar-refractivity contribution is 0.0499. The van der Waals surface area contributed by atoms with Crippen LogP contribution in [-0.2, 0) is 4.74 Å². The third-order valence-electron chi connectivity index (χ3n) is 2.24. The maximum Gasteiger partial charge on any atom is 0.339 e. The fourth-order valence-electron chi connectivity index (χ4n) is 1.33.